The Labute approximate surface area is 196 Å². The van der Waals surface area contributed by atoms with Crippen LogP contribution in [0.5, 0.6) is 11.5 Å². The Kier molecular flexibility index (Phi) is 6.95. The summed E-state index contributed by atoms with van der Waals surface area (Å²) in [6.45, 7) is 7.82. The van der Waals surface area contributed by atoms with Crippen LogP contribution < -0.4 is 14.8 Å². The van der Waals surface area contributed by atoms with Gasteiger partial charge in [0.15, 0.2) is 11.5 Å². The molecular weight excluding hydrogens is 440 g/mol. The minimum Gasteiger partial charge on any atom is -0.486 e. The van der Waals surface area contributed by atoms with Crippen molar-refractivity contribution in [2.75, 3.05) is 26.3 Å². The van der Waals surface area contributed by atoms with Crippen LogP contribution in [-0.2, 0) is 14.8 Å². The Morgan fingerprint density at radius 2 is 1.55 bits per heavy atom. The molecule has 7 nitrogen and oxygen atoms in total. The zero-order valence-corrected chi connectivity index (χ0v) is 20.2. The number of sulfonamides is 1. The number of rotatable bonds is 6. The van der Waals surface area contributed by atoms with Gasteiger partial charge in [0.05, 0.1) is 10.9 Å². The highest BCUT2D eigenvalue weighted by Crippen LogP contribution is 2.33. The number of benzene rings is 2. The highest BCUT2D eigenvalue weighted by molar-refractivity contribution is 7.89. The maximum absolute atomic E-state index is 13.0. The van der Waals surface area contributed by atoms with Crippen LogP contribution in [0.15, 0.2) is 47.4 Å². The molecule has 178 valence electrons. The summed E-state index contributed by atoms with van der Waals surface area (Å²) in [5.41, 5.74) is 2.05. The molecule has 1 N–H and O–H groups in total. The van der Waals surface area contributed by atoms with Crippen LogP contribution >= 0.6 is 0 Å². The fourth-order valence-electron chi connectivity index (χ4n) is 4.28. The van der Waals surface area contributed by atoms with Gasteiger partial charge in [-0.15, -0.1) is 0 Å². The first-order chi connectivity index (χ1) is 15.8. The number of nitrogens with one attached hydrogen (secondary N) is 1. The highest BCUT2D eigenvalue weighted by Gasteiger charge is 2.32. The summed E-state index contributed by atoms with van der Waals surface area (Å²) in [7, 11) is -3.55. The van der Waals surface area contributed by atoms with Gasteiger partial charge < -0.3 is 14.8 Å². The third kappa shape index (κ3) is 5.17. The first-order valence-electron chi connectivity index (χ1n) is 11.6. The number of carbonyl (C=O) groups is 1. The average Bonchev–Trinajstić information content (AvgIpc) is 2.83. The Balaban J connectivity index is 1.34. The van der Waals surface area contributed by atoms with Gasteiger partial charge in [0.1, 0.15) is 13.2 Å². The molecule has 33 heavy (non-hydrogen) atoms. The number of piperidine rings is 1. The SMILES string of the molecule is CC(C)c1ccc(S(=O)(=O)N2CCC(C(=O)NC(C)c3ccc4c(c3)OCCO4)CC2)cc1. The van der Waals surface area contributed by atoms with Crippen molar-refractivity contribution < 1.29 is 22.7 Å². The zero-order chi connectivity index (χ0) is 23.6. The van der Waals surface area contributed by atoms with Crippen LogP contribution in [0.25, 0.3) is 0 Å². The molecule has 2 aromatic rings. The minimum absolute atomic E-state index is 0.0456. The lowest BCUT2D eigenvalue weighted by atomic mass is 9.96. The molecule has 0 bridgehead atoms. The smallest absolute Gasteiger partial charge is 0.243 e. The third-order valence-corrected chi connectivity index (χ3v) is 8.35. The zero-order valence-electron chi connectivity index (χ0n) is 19.4. The van der Waals surface area contributed by atoms with Crippen LogP contribution in [0.4, 0.5) is 0 Å². The van der Waals surface area contributed by atoms with Crippen LogP contribution in [0.1, 0.15) is 56.7 Å². The normalized spacial score (nSPS) is 18.2. The summed E-state index contributed by atoms with van der Waals surface area (Å²) in [6, 6.07) is 12.6. The van der Waals surface area contributed by atoms with Gasteiger partial charge in [-0.25, -0.2) is 8.42 Å². The molecule has 2 aliphatic rings. The van der Waals surface area contributed by atoms with E-state index in [-0.39, 0.29) is 17.9 Å². The lowest BCUT2D eigenvalue weighted by molar-refractivity contribution is -0.126. The molecule has 1 saturated heterocycles. The third-order valence-electron chi connectivity index (χ3n) is 6.43. The molecule has 2 heterocycles. The van der Waals surface area contributed by atoms with E-state index < -0.39 is 10.0 Å². The van der Waals surface area contributed by atoms with Crippen molar-refractivity contribution >= 4 is 15.9 Å². The van der Waals surface area contributed by atoms with Gasteiger partial charge in [0.25, 0.3) is 0 Å². The van der Waals surface area contributed by atoms with E-state index >= 15 is 0 Å². The van der Waals surface area contributed by atoms with Gasteiger partial charge in [-0.1, -0.05) is 32.0 Å². The molecule has 1 amide bonds. The summed E-state index contributed by atoms with van der Waals surface area (Å²) >= 11 is 0. The van der Waals surface area contributed by atoms with Crippen LogP contribution in [0.3, 0.4) is 0 Å². The predicted octanol–water partition coefficient (Wildman–Crippen LogP) is 3.86. The molecule has 0 saturated carbocycles. The van der Waals surface area contributed by atoms with Gasteiger partial charge in [0.2, 0.25) is 15.9 Å². The molecule has 4 rings (SSSR count). The average molecular weight is 473 g/mol. The first-order valence-corrected chi connectivity index (χ1v) is 13.0. The van der Waals surface area contributed by atoms with Gasteiger partial charge in [-0.05, 0) is 61.1 Å². The molecule has 0 radical (unpaired) electrons. The minimum atomic E-state index is -3.55. The largest absolute Gasteiger partial charge is 0.486 e. The van der Waals surface area contributed by atoms with Crippen LogP contribution in [0.2, 0.25) is 0 Å². The van der Waals surface area contributed by atoms with Crippen molar-refractivity contribution in [3.63, 3.8) is 0 Å². The van der Waals surface area contributed by atoms with E-state index in [9.17, 15) is 13.2 Å². The lowest BCUT2D eigenvalue weighted by Gasteiger charge is -2.31. The Morgan fingerprint density at radius 1 is 0.939 bits per heavy atom. The van der Waals surface area contributed by atoms with E-state index in [1.165, 1.54) is 4.31 Å². The summed E-state index contributed by atoms with van der Waals surface area (Å²) in [6.07, 6.45) is 1.01. The number of hydrogen-bond acceptors (Lipinski definition) is 5. The molecule has 0 aliphatic carbocycles. The monoisotopic (exact) mass is 472 g/mol. The second-order valence-corrected chi connectivity index (χ2v) is 11.0. The number of nitrogens with zero attached hydrogens (tertiary/aromatic N) is 1. The van der Waals surface area contributed by atoms with Crippen molar-refractivity contribution in [1.82, 2.24) is 9.62 Å². The maximum Gasteiger partial charge on any atom is 0.243 e. The van der Waals surface area contributed by atoms with Gasteiger partial charge in [-0.3, -0.25) is 4.79 Å². The van der Waals surface area contributed by atoms with Gasteiger partial charge >= 0.3 is 0 Å². The Bertz CT molecular complexity index is 1090. The standard InChI is InChI=1S/C25H32N2O5S/c1-17(2)19-4-7-22(8-5-19)33(29,30)27-12-10-20(11-13-27)25(28)26-18(3)21-6-9-23-24(16-21)32-15-14-31-23/h4-9,16-18,20H,10-15H2,1-3H3,(H,26,28). The van der Waals surface area contributed by atoms with Crippen LogP contribution in [0, 0.1) is 5.92 Å². The van der Waals surface area contributed by atoms with Crippen molar-refractivity contribution in [2.45, 2.75) is 50.5 Å². The molecule has 0 aromatic heterocycles. The van der Waals surface area contributed by atoms with E-state index in [0.717, 1.165) is 16.9 Å². The number of fused-ring (bicyclic) bond motifs is 1. The molecule has 1 unspecified atom stereocenters. The predicted molar refractivity (Wildman–Crippen MR) is 126 cm³/mol. The Hall–Kier alpha value is -2.58. The molecular formula is C25H32N2O5S. The summed E-state index contributed by atoms with van der Waals surface area (Å²) in [5.74, 6) is 1.51. The van der Waals surface area contributed by atoms with E-state index in [2.05, 4.69) is 19.2 Å². The molecule has 2 aliphatic heterocycles. The summed E-state index contributed by atoms with van der Waals surface area (Å²) in [5, 5.41) is 3.07. The fraction of sp³-hybridized carbons (Fsp3) is 0.480. The molecule has 0 spiro atoms. The second kappa shape index (κ2) is 9.73. The fourth-order valence-corrected chi connectivity index (χ4v) is 5.75. The molecule has 1 atom stereocenters. The van der Waals surface area contributed by atoms with Crippen LogP contribution in [-0.4, -0.2) is 44.9 Å². The number of ether oxygens (including phenoxy) is 2. The van der Waals surface area contributed by atoms with E-state index in [1.807, 2.05) is 37.3 Å². The quantitative estimate of drug-likeness (QED) is 0.690. The summed E-state index contributed by atoms with van der Waals surface area (Å²) < 4.78 is 38.7. The number of amides is 1. The van der Waals surface area contributed by atoms with Crippen molar-refractivity contribution in [1.29, 1.82) is 0 Å². The van der Waals surface area contributed by atoms with Gasteiger partial charge in [0, 0.05) is 19.0 Å². The van der Waals surface area contributed by atoms with E-state index in [1.54, 1.807) is 12.1 Å². The van der Waals surface area contributed by atoms with Crippen molar-refractivity contribution in [2.24, 2.45) is 5.92 Å². The molecule has 1 fully saturated rings. The van der Waals surface area contributed by atoms with Crippen molar-refractivity contribution in [3.8, 4) is 11.5 Å². The Morgan fingerprint density at radius 3 is 2.18 bits per heavy atom. The highest BCUT2D eigenvalue weighted by atomic mass is 32.2. The van der Waals surface area contributed by atoms with E-state index in [0.29, 0.717) is 55.7 Å². The van der Waals surface area contributed by atoms with Crippen molar-refractivity contribution in [3.05, 3.63) is 53.6 Å². The summed E-state index contributed by atoms with van der Waals surface area (Å²) in [4.78, 5) is 13.2. The lowest BCUT2D eigenvalue weighted by Crippen LogP contribution is -2.43. The first kappa shape index (κ1) is 23.6. The van der Waals surface area contributed by atoms with E-state index in [4.69, 9.17) is 9.47 Å². The topological polar surface area (TPSA) is 84.9 Å². The number of hydrogen-bond donors (Lipinski definition) is 1. The molecule has 8 heteroatoms. The second-order valence-electron chi connectivity index (χ2n) is 9.04. The number of carbonyl (C=O) groups excluding carboxylic acids is 1. The van der Waals surface area contributed by atoms with Gasteiger partial charge in [-0.2, -0.15) is 4.31 Å². The maximum atomic E-state index is 13.0. The molecule has 2 aromatic carbocycles.